The first-order valence-electron chi connectivity index (χ1n) is 7.68. The van der Waals surface area contributed by atoms with Gasteiger partial charge in [0.1, 0.15) is 5.75 Å². The normalized spacial score (nSPS) is 12.8. The van der Waals surface area contributed by atoms with E-state index in [0.29, 0.717) is 11.3 Å². The van der Waals surface area contributed by atoms with Crippen LogP contribution in [0, 0.1) is 5.92 Å². The topological polar surface area (TPSA) is 72.5 Å². The number of benzene rings is 2. The van der Waals surface area contributed by atoms with Gasteiger partial charge in [0.05, 0.1) is 0 Å². The van der Waals surface area contributed by atoms with E-state index >= 15 is 0 Å². The van der Waals surface area contributed by atoms with Crippen molar-refractivity contribution in [3.05, 3.63) is 66.2 Å². The zero-order valence-corrected chi connectivity index (χ0v) is 14.5. The molecule has 2 aromatic rings. The number of para-hydroxylation sites is 1. The second-order valence-electron chi connectivity index (χ2n) is 5.80. The Bertz CT molecular complexity index is 758. The Morgan fingerprint density at radius 1 is 1.00 bits per heavy atom. The summed E-state index contributed by atoms with van der Waals surface area (Å²) in [4.78, 5) is 12.4. The van der Waals surface area contributed by atoms with Crippen molar-refractivity contribution in [2.45, 2.75) is 25.7 Å². The van der Waals surface area contributed by atoms with E-state index in [9.17, 15) is 13.2 Å². The van der Waals surface area contributed by atoms with Gasteiger partial charge >= 0.3 is 0 Å². The van der Waals surface area contributed by atoms with Crippen LogP contribution in [0.3, 0.4) is 0 Å². The van der Waals surface area contributed by atoms with Crippen LogP contribution < -0.4 is 5.32 Å². The highest BCUT2D eigenvalue weighted by molar-refractivity contribution is 7.85. The molecule has 0 saturated carbocycles. The molecule has 1 amide bonds. The molecule has 2 rings (SSSR count). The summed E-state index contributed by atoms with van der Waals surface area (Å²) in [7, 11) is -3.88. The molecule has 0 aromatic heterocycles. The van der Waals surface area contributed by atoms with Gasteiger partial charge in [0.25, 0.3) is 16.0 Å². The molecule has 6 heteroatoms. The van der Waals surface area contributed by atoms with Gasteiger partial charge in [-0.05, 0) is 23.6 Å². The minimum Gasteiger partial charge on any atom is -0.324 e. The predicted octanol–water partition coefficient (Wildman–Crippen LogP) is 3.20. The fraction of sp³-hybridized carbons (Fsp3) is 0.278. The summed E-state index contributed by atoms with van der Waals surface area (Å²) in [5.41, 5.74) is 1.21. The molecule has 1 N–H and O–H groups in total. The average Bonchev–Trinajstić information content (AvgIpc) is 2.54. The highest BCUT2D eigenvalue weighted by Crippen LogP contribution is 2.17. The van der Waals surface area contributed by atoms with Gasteiger partial charge in [-0.25, -0.2) is 0 Å². The molecular weight excluding hydrogens is 326 g/mol. The summed E-state index contributed by atoms with van der Waals surface area (Å²) in [6.45, 7) is 3.49. The van der Waals surface area contributed by atoms with E-state index in [4.69, 9.17) is 4.18 Å². The van der Waals surface area contributed by atoms with Gasteiger partial charge in [0, 0.05) is 5.69 Å². The Labute approximate surface area is 142 Å². The molecule has 0 spiro atoms. The molecular formula is C18H21NO4S. The van der Waals surface area contributed by atoms with Crippen molar-refractivity contribution >= 4 is 21.7 Å². The van der Waals surface area contributed by atoms with Crippen molar-refractivity contribution in [3.8, 4) is 0 Å². The van der Waals surface area contributed by atoms with Crippen molar-refractivity contribution in [2.24, 2.45) is 5.92 Å². The number of rotatable bonds is 7. The van der Waals surface area contributed by atoms with Crippen molar-refractivity contribution < 1.29 is 17.4 Å². The first-order chi connectivity index (χ1) is 11.4. The Morgan fingerprint density at radius 3 is 2.08 bits per heavy atom. The number of hydrogen-bond acceptors (Lipinski definition) is 4. The predicted molar refractivity (Wildman–Crippen MR) is 93.8 cm³/mol. The van der Waals surface area contributed by atoms with Crippen LogP contribution in [-0.2, 0) is 24.8 Å². The van der Waals surface area contributed by atoms with Crippen LogP contribution in [0.4, 0.5) is 5.69 Å². The maximum atomic E-state index is 12.4. The number of nitrogens with one attached hydrogen (secondary N) is 1. The molecule has 128 valence electrons. The van der Waals surface area contributed by atoms with Gasteiger partial charge < -0.3 is 5.32 Å². The molecule has 0 heterocycles. The van der Waals surface area contributed by atoms with Crippen LogP contribution in [-0.4, -0.2) is 20.4 Å². The molecule has 0 unspecified atom stereocenters. The van der Waals surface area contributed by atoms with Crippen LogP contribution in [0.5, 0.6) is 0 Å². The van der Waals surface area contributed by atoms with Gasteiger partial charge in [-0.2, -0.15) is 8.42 Å². The second kappa shape index (κ2) is 8.08. The lowest BCUT2D eigenvalue weighted by Gasteiger charge is -2.20. The molecule has 24 heavy (non-hydrogen) atoms. The van der Waals surface area contributed by atoms with E-state index in [0.717, 1.165) is 0 Å². The second-order valence-corrected chi connectivity index (χ2v) is 7.40. The van der Waals surface area contributed by atoms with Gasteiger partial charge in [-0.3, -0.25) is 8.98 Å². The molecule has 0 aliphatic heterocycles. The Kier molecular flexibility index (Phi) is 6.11. The third kappa shape index (κ3) is 5.47. The summed E-state index contributed by atoms with van der Waals surface area (Å²) in [6.07, 6.45) is -1.08. The largest absolute Gasteiger partial charge is 0.324 e. The van der Waals surface area contributed by atoms with Gasteiger partial charge in [-0.1, -0.05) is 62.4 Å². The number of carbonyl (C=O) groups is 1. The molecule has 0 aliphatic carbocycles. The molecule has 0 saturated heterocycles. The fourth-order valence-corrected chi connectivity index (χ4v) is 3.46. The van der Waals surface area contributed by atoms with Crippen molar-refractivity contribution in [1.82, 2.24) is 0 Å². The van der Waals surface area contributed by atoms with E-state index in [-0.39, 0.29) is 11.7 Å². The zero-order chi connectivity index (χ0) is 17.6. The average molecular weight is 347 g/mol. The van der Waals surface area contributed by atoms with E-state index in [2.05, 4.69) is 5.32 Å². The lowest BCUT2D eigenvalue weighted by molar-refractivity contribution is -0.124. The van der Waals surface area contributed by atoms with Gasteiger partial charge in [0.15, 0.2) is 6.10 Å². The monoisotopic (exact) mass is 347 g/mol. The van der Waals surface area contributed by atoms with Crippen LogP contribution >= 0.6 is 0 Å². The number of hydrogen-bond donors (Lipinski definition) is 1. The van der Waals surface area contributed by atoms with Gasteiger partial charge in [-0.15, -0.1) is 0 Å². The minimum atomic E-state index is -3.88. The SMILES string of the molecule is CC(C)[C@H](OS(=O)(=O)Cc1ccccc1)C(=O)Nc1ccccc1. The van der Waals surface area contributed by atoms with E-state index in [1.54, 1.807) is 68.4 Å². The fourth-order valence-electron chi connectivity index (χ4n) is 2.16. The van der Waals surface area contributed by atoms with E-state index in [1.165, 1.54) is 0 Å². The summed E-state index contributed by atoms with van der Waals surface area (Å²) in [6, 6.07) is 17.6. The minimum absolute atomic E-state index is 0.268. The van der Waals surface area contributed by atoms with Crippen molar-refractivity contribution in [3.63, 3.8) is 0 Å². The smallest absolute Gasteiger partial charge is 0.272 e. The molecule has 1 atom stereocenters. The number of carbonyl (C=O) groups excluding carboxylic acids is 1. The first-order valence-corrected chi connectivity index (χ1v) is 9.26. The van der Waals surface area contributed by atoms with Gasteiger partial charge in [0.2, 0.25) is 0 Å². The van der Waals surface area contributed by atoms with Crippen molar-refractivity contribution in [1.29, 1.82) is 0 Å². The Morgan fingerprint density at radius 2 is 1.54 bits per heavy atom. The molecule has 0 aliphatic rings. The molecule has 0 bridgehead atoms. The van der Waals surface area contributed by atoms with Crippen molar-refractivity contribution in [2.75, 3.05) is 5.32 Å². The maximum Gasteiger partial charge on any atom is 0.272 e. The lowest BCUT2D eigenvalue weighted by Crippen LogP contribution is -2.36. The summed E-state index contributed by atoms with van der Waals surface area (Å²) >= 11 is 0. The highest BCUT2D eigenvalue weighted by Gasteiger charge is 2.29. The third-order valence-corrected chi connectivity index (χ3v) is 4.53. The lowest BCUT2D eigenvalue weighted by atomic mass is 10.1. The van der Waals surface area contributed by atoms with Crippen LogP contribution in [0.1, 0.15) is 19.4 Å². The van der Waals surface area contributed by atoms with E-state index in [1.807, 2.05) is 6.07 Å². The Balaban J connectivity index is 2.08. The zero-order valence-electron chi connectivity index (χ0n) is 13.7. The quantitative estimate of drug-likeness (QED) is 0.781. The summed E-state index contributed by atoms with van der Waals surface area (Å²) < 4.78 is 29.7. The number of amides is 1. The molecule has 0 fully saturated rings. The standard InChI is InChI=1S/C18H21NO4S/c1-14(2)17(18(20)19-16-11-7-4-8-12-16)23-24(21,22)13-15-9-5-3-6-10-15/h3-12,14,17H,13H2,1-2H3,(H,19,20)/t17-/m0/s1. The molecule has 2 aromatic carbocycles. The van der Waals surface area contributed by atoms with Crippen LogP contribution in [0.2, 0.25) is 0 Å². The maximum absolute atomic E-state index is 12.4. The first kappa shape index (κ1) is 18.2. The summed E-state index contributed by atoms with van der Waals surface area (Å²) in [5, 5.41) is 2.68. The van der Waals surface area contributed by atoms with Crippen LogP contribution in [0.15, 0.2) is 60.7 Å². The molecule has 5 nitrogen and oxygen atoms in total. The number of anilines is 1. The molecule has 0 radical (unpaired) electrons. The third-order valence-electron chi connectivity index (χ3n) is 3.34. The Hall–Kier alpha value is -2.18. The highest BCUT2D eigenvalue weighted by atomic mass is 32.2. The summed E-state index contributed by atoms with van der Waals surface area (Å²) in [5.74, 6) is -1.04. The van der Waals surface area contributed by atoms with Crippen LogP contribution in [0.25, 0.3) is 0 Å². The van der Waals surface area contributed by atoms with E-state index < -0.39 is 22.1 Å².